The van der Waals surface area contributed by atoms with Crippen LogP contribution >= 0.6 is 0 Å². The molecule has 1 fully saturated rings. The molecule has 1 aromatic heterocycles. The number of nitrogens with one attached hydrogen (secondary N) is 1. The van der Waals surface area contributed by atoms with E-state index in [4.69, 9.17) is 0 Å². The van der Waals surface area contributed by atoms with Crippen LogP contribution in [0.15, 0.2) is 60.0 Å². The molecule has 3 rings (SSSR count). The fraction of sp³-hybridized carbons (Fsp3) is 0.368. The van der Waals surface area contributed by atoms with Crippen LogP contribution in [0, 0.1) is 4.91 Å². The molecule has 1 aliphatic heterocycles. The smallest absolute Gasteiger partial charge is 0.242 e. The average Bonchev–Trinajstić information content (AvgIpc) is 3.21. The van der Waals surface area contributed by atoms with Gasteiger partial charge in [0.15, 0.2) is 0 Å². The van der Waals surface area contributed by atoms with Crippen molar-refractivity contribution in [3.63, 3.8) is 0 Å². The highest BCUT2D eigenvalue weighted by Crippen LogP contribution is 2.24. The zero-order valence-corrected chi connectivity index (χ0v) is 14.0. The van der Waals surface area contributed by atoms with Gasteiger partial charge >= 0.3 is 0 Å². The first-order chi connectivity index (χ1) is 12.3. The Kier molecular flexibility index (Phi) is 5.85. The number of carbonyl (C=O) groups excluding carboxylic acids is 1. The van der Waals surface area contributed by atoms with Gasteiger partial charge in [-0.25, -0.2) is 0 Å². The summed E-state index contributed by atoms with van der Waals surface area (Å²) in [5.74, 6) is -0.0603. The minimum absolute atomic E-state index is 0.0603. The van der Waals surface area contributed by atoms with Gasteiger partial charge in [0, 0.05) is 32.0 Å². The van der Waals surface area contributed by atoms with E-state index in [9.17, 15) is 9.70 Å². The summed E-state index contributed by atoms with van der Waals surface area (Å²) >= 11 is 0. The Bertz CT molecular complexity index is 687. The Hall–Kier alpha value is -2.60. The number of hydrogen-bond acceptors (Lipinski definition) is 5. The molecular weight excluding hydrogens is 316 g/mol. The minimum Gasteiger partial charge on any atom is -0.341 e. The first-order valence-corrected chi connectivity index (χ1v) is 8.58. The maximum absolute atomic E-state index is 13.0. The first kappa shape index (κ1) is 17.2. The number of hydrogen-bond donors (Lipinski definition) is 1. The van der Waals surface area contributed by atoms with E-state index in [1.807, 2.05) is 35.2 Å². The van der Waals surface area contributed by atoms with Gasteiger partial charge in [-0.2, -0.15) is 4.91 Å². The highest BCUT2D eigenvalue weighted by molar-refractivity contribution is 5.83. The van der Waals surface area contributed by atoms with Gasteiger partial charge in [0.25, 0.3) is 0 Å². The van der Waals surface area contributed by atoms with Crippen LogP contribution in [0.3, 0.4) is 0 Å². The lowest BCUT2D eigenvalue weighted by Crippen LogP contribution is -2.48. The van der Waals surface area contributed by atoms with Crippen molar-refractivity contribution in [2.75, 3.05) is 13.1 Å². The Balaban J connectivity index is 1.82. The third-order valence-corrected chi connectivity index (χ3v) is 4.53. The normalized spacial score (nSPS) is 16.4. The second-order valence-electron chi connectivity index (χ2n) is 6.21. The van der Waals surface area contributed by atoms with Crippen LogP contribution in [0.1, 0.15) is 30.0 Å². The molecule has 0 saturated carbocycles. The summed E-state index contributed by atoms with van der Waals surface area (Å²) in [4.78, 5) is 30.4. The van der Waals surface area contributed by atoms with Gasteiger partial charge in [-0.3, -0.25) is 15.1 Å². The summed E-state index contributed by atoms with van der Waals surface area (Å²) < 4.78 is 0. The van der Waals surface area contributed by atoms with Crippen LogP contribution in [0.4, 0.5) is 0 Å². The van der Waals surface area contributed by atoms with Gasteiger partial charge in [0.2, 0.25) is 5.91 Å². The van der Waals surface area contributed by atoms with Crippen LogP contribution in [-0.2, 0) is 11.3 Å². The topological polar surface area (TPSA) is 74.7 Å². The molecule has 0 bridgehead atoms. The van der Waals surface area contributed by atoms with Crippen LogP contribution in [0.5, 0.6) is 0 Å². The molecule has 2 aromatic rings. The van der Waals surface area contributed by atoms with E-state index in [0.29, 0.717) is 12.1 Å². The Morgan fingerprint density at radius 1 is 1.12 bits per heavy atom. The first-order valence-electron chi connectivity index (χ1n) is 8.58. The third kappa shape index (κ3) is 4.28. The van der Waals surface area contributed by atoms with Crippen molar-refractivity contribution < 1.29 is 4.79 Å². The van der Waals surface area contributed by atoms with Gasteiger partial charge in [0.05, 0.1) is 0 Å². The number of nitrogens with zero attached hydrogens (tertiary/aromatic N) is 3. The molecule has 0 spiro atoms. The van der Waals surface area contributed by atoms with Gasteiger partial charge in [0.1, 0.15) is 12.1 Å². The number of rotatable bonds is 7. The molecule has 0 aliphatic carbocycles. The number of amides is 1. The lowest BCUT2D eigenvalue weighted by atomic mass is 9.99. The fourth-order valence-corrected chi connectivity index (χ4v) is 3.17. The molecule has 130 valence electrons. The molecule has 1 amide bonds. The summed E-state index contributed by atoms with van der Waals surface area (Å²) in [5, 5.41) is 6.53. The van der Waals surface area contributed by atoms with Gasteiger partial charge in [-0.05, 0) is 36.1 Å². The average molecular weight is 338 g/mol. The van der Waals surface area contributed by atoms with Crippen LogP contribution in [0.25, 0.3) is 0 Å². The van der Waals surface area contributed by atoms with Crippen molar-refractivity contribution in [2.24, 2.45) is 5.18 Å². The van der Waals surface area contributed by atoms with E-state index in [0.717, 1.165) is 31.5 Å². The molecule has 1 aliphatic rings. The van der Waals surface area contributed by atoms with E-state index in [-0.39, 0.29) is 5.91 Å². The zero-order chi connectivity index (χ0) is 17.5. The van der Waals surface area contributed by atoms with E-state index in [1.54, 1.807) is 24.5 Å². The van der Waals surface area contributed by atoms with E-state index in [1.165, 1.54) is 0 Å². The molecule has 0 radical (unpaired) electrons. The summed E-state index contributed by atoms with van der Waals surface area (Å²) in [6, 6.07) is 11.8. The van der Waals surface area contributed by atoms with Crippen molar-refractivity contribution >= 4 is 5.91 Å². The van der Waals surface area contributed by atoms with Gasteiger partial charge in [-0.15, -0.1) is 0 Å². The SMILES string of the molecule is O=N[C@@H](c1ccncc1)[C@@H](NCc1ccccc1)C(=O)N1CCCC1. The second-order valence-corrected chi connectivity index (χ2v) is 6.21. The van der Waals surface area contributed by atoms with Gasteiger partial charge < -0.3 is 4.90 Å². The van der Waals surface area contributed by atoms with E-state index in [2.05, 4.69) is 15.5 Å². The van der Waals surface area contributed by atoms with Crippen molar-refractivity contribution in [3.8, 4) is 0 Å². The molecule has 6 nitrogen and oxygen atoms in total. The maximum atomic E-state index is 13.0. The molecule has 1 N–H and O–H groups in total. The number of carbonyl (C=O) groups is 1. The molecule has 2 heterocycles. The number of aromatic nitrogens is 1. The number of likely N-dealkylation sites (tertiary alicyclic amines) is 1. The highest BCUT2D eigenvalue weighted by Gasteiger charge is 2.34. The lowest BCUT2D eigenvalue weighted by Gasteiger charge is -2.27. The predicted molar refractivity (Wildman–Crippen MR) is 95.7 cm³/mol. The summed E-state index contributed by atoms with van der Waals surface area (Å²) in [7, 11) is 0. The minimum atomic E-state index is -0.778. The third-order valence-electron chi connectivity index (χ3n) is 4.53. The van der Waals surface area contributed by atoms with Gasteiger partial charge in [-0.1, -0.05) is 35.5 Å². The molecule has 2 atom stereocenters. The Morgan fingerprint density at radius 3 is 2.44 bits per heavy atom. The number of nitroso groups, excluding NO2 is 1. The summed E-state index contributed by atoms with van der Waals surface area (Å²) in [6.07, 6.45) is 5.24. The summed E-state index contributed by atoms with van der Waals surface area (Å²) in [6.45, 7) is 1.98. The Morgan fingerprint density at radius 2 is 1.80 bits per heavy atom. The molecule has 6 heteroatoms. The number of benzene rings is 1. The molecule has 25 heavy (non-hydrogen) atoms. The number of pyridine rings is 1. The zero-order valence-electron chi connectivity index (χ0n) is 14.0. The lowest BCUT2D eigenvalue weighted by molar-refractivity contribution is -0.133. The van der Waals surface area contributed by atoms with Crippen molar-refractivity contribution in [1.82, 2.24) is 15.2 Å². The quantitative estimate of drug-likeness (QED) is 0.788. The molecule has 1 aromatic carbocycles. The highest BCUT2D eigenvalue weighted by atomic mass is 16.3. The van der Waals surface area contributed by atoms with Crippen molar-refractivity contribution in [3.05, 3.63) is 70.9 Å². The second kappa shape index (κ2) is 8.48. The predicted octanol–water partition coefficient (Wildman–Crippen LogP) is 2.67. The monoisotopic (exact) mass is 338 g/mol. The van der Waals surface area contributed by atoms with Crippen molar-refractivity contribution in [2.45, 2.75) is 31.5 Å². The Labute approximate surface area is 147 Å². The fourth-order valence-electron chi connectivity index (χ4n) is 3.17. The van der Waals surface area contributed by atoms with Crippen LogP contribution in [-0.4, -0.2) is 34.9 Å². The maximum Gasteiger partial charge on any atom is 0.242 e. The van der Waals surface area contributed by atoms with E-state index < -0.39 is 12.1 Å². The van der Waals surface area contributed by atoms with E-state index >= 15 is 0 Å². The largest absolute Gasteiger partial charge is 0.341 e. The van der Waals surface area contributed by atoms with Crippen LogP contribution in [0.2, 0.25) is 0 Å². The molecular formula is C19H22N4O2. The van der Waals surface area contributed by atoms with Crippen LogP contribution < -0.4 is 5.32 Å². The standard InChI is InChI=1S/C19H22N4O2/c24-19(23-12-4-5-13-23)18(21-14-15-6-2-1-3-7-15)17(22-25)16-8-10-20-11-9-16/h1-3,6-11,17-18,21H,4-5,12-14H2/t17-,18+/m0/s1. The molecule has 0 unspecified atom stereocenters. The summed E-state index contributed by atoms with van der Waals surface area (Å²) in [5.41, 5.74) is 1.75. The van der Waals surface area contributed by atoms with Crippen molar-refractivity contribution in [1.29, 1.82) is 0 Å². The molecule has 1 saturated heterocycles.